The first-order valence-electron chi connectivity index (χ1n) is 6.34. The van der Waals surface area contributed by atoms with Crippen LogP contribution in [0.3, 0.4) is 0 Å². The van der Waals surface area contributed by atoms with Gasteiger partial charge in [0.15, 0.2) is 0 Å². The smallest absolute Gasteiger partial charge is 0.326 e. The standard InChI is InChI=1S/C15H14FNO3/c1-2-10-6-7-11(9-12(10)16)14(18)17-8-4-3-5-13(17)15(19)20/h1,6-7,9,13H,3-5,8H2,(H,19,20). The summed E-state index contributed by atoms with van der Waals surface area (Å²) in [6, 6.07) is 2.99. The van der Waals surface area contributed by atoms with Crippen molar-refractivity contribution in [2.75, 3.05) is 6.54 Å². The van der Waals surface area contributed by atoms with Crippen molar-refractivity contribution < 1.29 is 19.1 Å². The molecule has 20 heavy (non-hydrogen) atoms. The van der Waals surface area contributed by atoms with Crippen molar-refractivity contribution in [1.29, 1.82) is 0 Å². The third kappa shape index (κ3) is 2.64. The number of benzene rings is 1. The zero-order chi connectivity index (χ0) is 14.7. The van der Waals surface area contributed by atoms with Crippen LogP contribution in [0.5, 0.6) is 0 Å². The third-order valence-electron chi connectivity index (χ3n) is 3.42. The fraction of sp³-hybridized carbons (Fsp3) is 0.333. The number of halogens is 1. The van der Waals surface area contributed by atoms with E-state index in [0.717, 1.165) is 18.9 Å². The lowest BCUT2D eigenvalue weighted by Gasteiger charge is -2.33. The van der Waals surface area contributed by atoms with Crippen molar-refractivity contribution in [3.8, 4) is 12.3 Å². The van der Waals surface area contributed by atoms with Gasteiger partial charge >= 0.3 is 5.97 Å². The summed E-state index contributed by atoms with van der Waals surface area (Å²) in [5.74, 6) is 0.0217. The Kier molecular flexibility index (Phi) is 4.04. The van der Waals surface area contributed by atoms with Crippen molar-refractivity contribution in [1.82, 2.24) is 4.90 Å². The van der Waals surface area contributed by atoms with Gasteiger partial charge in [0.1, 0.15) is 11.9 Å². The Bertz CT molecular complexity index is 591. The number of amides is 1. The molecule has 104 valence electrons. The van der Waals surface area contributed by atoms with Crippen molar-refractivity contribution in [3.05, 3.63) is 35.1 Å². The number of hydrogen-bond donors (Lipinski definition) is 1. The molecule has 5 heteroatoms. The first-order chi connectivity index (χ1) is 9.54. The van der Waals surface area contributed by atoms with Crippen LogP contribution in [0.15, 0.2) is 18.2 Å². The summed E-state index contributed by atoms with van der Waals surface area (Å²) in [4.78, 5) is 24.8. The monoisotopic (exact) mass is 275 g/mol. The second-order valence-corrected chi connectivity index (χ2v) is 4.69. The molecule has 0 radical (unpaired) electrons. The van der Waals surface area contributed by atoms with Crippen LogP contribution in [0.25, 0.3) is 0 Å². The molecule has 0 bridgehead atoms. The molecule has 1 unspecified atom stereocenters. The number of nitrogens with zero attached hydrogens (tertiary/aromatic N) is 1. The fourth-order valence-corrected chi connectivity index (χ4v) is 2.36. The van der Waals surface area contributed by atoms with Crippen LogP contribution in [-0.4, -0.2) is 34.5 Å². The van der Waals surface area contributed by atoms with Gasteiger partial charge < -0.3 is 10.0 Å². The van der Waals surface area contributed by atoms with Crippen LogP contribution in [0, 0.1) is 18.2 Å². The van der Waals surface area contributed by atoms with Gasteiger partial charge in [0, 0.05) is 12.1 Å². The van der Waals surface area contributed by atoms with Crippen molar-refractivity contribution in [2.24, 2.45) is 0 Å². The molecule has 1 atom stereocenters. The van der Waals surface area contributed by atoms with Gasteiger partial charge in [0.05, 0.1) is 5.56 Å². The Morgan fingerprint density at radius 2 is 2.15 bits per heavy atom. The summed E-state index contributed by atoms with van der Waals surface area (Å²) in [5, 5.41) is 9.15. The van der Waals surface area contributed by atoms with Crippen molar-refractivity contribution >= 4 is 11.9 Å². The summed E-state index contributed by atoms with van der Waals surface area (Å²) in [6.07, 6.45) is 7.06. The quantitative estimate of drug-likeness (QED) is 0.838. The van der Waals surface area contributed by atoms with Gasteiger partial charge in [-0.3, -0.25) is 4.79 Å². The molecule has 1 aliphatic rings. The summed E-state index contributed by atoms with van der Waals surface area (Å²) >= 11 is 0. The summed E-state index contributed by atoms with van der Waals surface area (Å²) < 4.78 is 13.6. The molecule has 0 spiro atoms. The average molecular weight is 275 g/mol. The molecule has 4 nitrogen and oxygen atoms in total. The number of terminal acetylenes is 1. The Morgan fingerprint density at radius 1 is 1.40 bits per heavy atom. The van der Waals surface area contributed by atoms with E-state index in [1.54, 1.807) is 0 Å². The predicted molar refractivity (Wildman–Crippen MR) is 70.6 cm³/mol. The summed E-state index contributed by atoms with van der Waals surface area (Å²) in [5.41, 5.74) is 0.199. The second-order valence-electron chi connectivity index (χ2n) is 4.69. The molecular weight excluding hydrogens is 261 g/mol. The van der Waals surface area contributed by atoms with Gasteiger partial charge in [-0.25, -0.2) is 9.18 Å². The van der Waals surface area contributed by atoms with Crippen LogP contribution >= 0.6 is 0 Å². The minimum atomic E-state index is -1.03. The van der Waals surface area contributed by atoms with E-state index in [4.69, 9.17) is 11.5 Å². The van der Waals surface area contributed by atoms with E-state index < -0.39 is 23.7 Å². The number of carbonyl (C=O) groups is 2. The Labute approximate surface area is 116 Å². The predicted octanol–water partition coefficient (Wildman–Crippen LogP) is 1.89. The average Bonchev–Trinajstić information content (AvgIpc) is 2.46. The number of carbonyl (C=O) groups excluding carboxylic acids is 1. The van der Waals surface area contributed by atoms with E-state index in [1.165, 1.54) is 17.0 Å². The van der Waals surface area contributed by atoms with Crippen LogP contribution < -0.4 is 0 Å². The highest BCUT2D eigenvalue weighted by molar-refractivity contribution is 5.96. The third-order valence-corrected chi connectivity index (χ3v) is 3.42. The highest BCUT2D eigenvalue weighted by Crippen LogP contribution is 2.21. The molecule has 1 N–H and O–H groups in total. The second kappa shape index (κ2) is 5.74. The van der Waals surface area contributed by atoms with Crippen molar-refractivity contribution in [2.45, 2.75) is 25.3 Å². The summed E-state index contributed by atoms with van der Waals surface area (Å²) in [6.45, 7) is 0.369. The van der Waals surface area contributed by atoms with Crippen molar-refractivity contribution in [3.63, 3.8) is 0 Å². The molecule has 1 aromatic rings. The van der Waals surface area contributed by atoms with Crippen LogP contribution in [-0.2, 0) is 4.79 Å². The lowest BCUT2D eigenvalue weighted by Crippen LogP contribution is -2.48. The molecule has 1 aliphatic heterocycles. The van der Waals surface area contributed by atoms with Gasteiger partial charge in [0.2, 0.25) is 0 Å². The lowest BCUT2D eigenvalue weighted by atomic mass is 10.0. The molecule has 1 saturated heterocycles. The zero-order valence-electron chi connectivity index (χ0n) is 10.8. The number of rotatable bonds is 2. The normalized spacial score (nSPS) is 18.4. The molecule has 0 aliphatic carbocycles. The highest BCUT2D eigenvalue weighted by atomic mass is 19.1. The fourth-order valence-electron chi connectivity index (χ4n) is 2.36. The SMILES string of the molecule is C#Cc1ccc(C(=O)N2CCCCC2C(=O)O)cc1F. The number of likely N-dealkylation sites (tertiary alicyclic amines) is 1. The van der Waals surface area contributed by atoms with Gasteiger partial charge in [-0.15, -0.1) is 6.42 Å². The van der Waals surface area contributed by atoms with E-state index in [1.807, 2.05) is 0 Å². The summed E-state index contributed by atoms with van der Waals surface area (Å²) in [7, 11) is 0. The number of hydrogen-bond acceptors (Lipinski definition) is 2. The van der Waals surface area contributed by atoms with Crippen LogP contribution in [0.4, 0.5) is 4.39 Å². The van der Waals surface area contributed by atoms with E-state index in [0.29, 0.717) is 13.0 Å². The maximum atomic E-state index is 13.6. The maximum Gasteiger partial charge on any atom is 0.326 e. The number of aliphatic carboxylic acids is 1. The zero-order valence-corrected chi connectivity index (χ0v) is 10.8. The van der Waals surface area contributed by atoms with Gasteiger partial charge in [0.25, 0.3) is 5.91 Å². The maximum absolute atomic E-state index is 13.6. The Balaban J connectivity index is 2.28. The van der Waals surface area contributed by atoms with Crippen LogP contribution in [0.1, 0.15) is 35.2 Å². The first kappa shape index (κ1) is 14.1. The van der Waals surface area contributed by atoms with Gasteiger partial charge in [-0.2, -0.15) is 0 Å². The van der Waals surface area contributed by atoms with E-state index in [2.05, 4.69) is 5.92 Å². The molecule has 0 aromatic heterocycles. The number of carboxylic acid groups (broad SMARTS) is 1. The number of carboxylic acids is 1. The van der Waals surface area contributed by atoms with E-state index in [9.17, 15) is 14.0 Å². The van der Waals surface area contributed by atoms with Crippen LogP contribution in [0.2, 0.25) is 0 Å². The molecule has 1 fully saturated rings. The topological polar surface area (TPSA) is 57.6 Å². The lowest BCUT2D eigenvalue weighted by molar-refractivity contribution is -0.143. The molecular formula is C15H14FNO3. The molecule has 1 heterocycles. The Hall–Kier alpha value is -2.35. The van der Waals surface area contributed by atoms with E-state index >= 15 is 0 Å². The van der Waals surface area contributed by atoms with Gasteiger partial charge in [-0.1, -0.05) is 5.92 Å². The molecule has 1 aromatic carbocycles. The van der Waals surface area contributed by atoms with E-state index in [-0.39, 0.29) is 11.1 Å². The number of piperidine rings is 1. The molecule has 1 amide bonds. The largest absolute Gasteiger partial charge is 0.480 e. The Morgan fingerprint density at radius 3 is 2.75 bits per heavy atom. The minimum absolute atomic E-state index is 0.0787. The van der Waals surface area contributed by atoms with Gasteiger partial charge in [-0.05, 0) is 37.5 Å². The minimum Gasteiger partial charge on any atom is -0.480 e. The molecule has 0 saturated carbocycles. The first-order valence-corrected chi connectivity index (χ1v) is 6.34. The molecule has 2 rings (SSSR count). The highest BCUT2D eigenvalue weighted by Gasteiger charge is 2.32.